The average molecular weight is 271 g/mol. The van der Waals surface area contributed by atoms with Crippen LogP contribution in [0.5, 0.6) is 0 Å². The number of benzene rings is 1. The monoisotopic (exact) mass is 270 g/mol. The molecule has 1 aromatic rings. The minimum atomic E-state index is -0.741. The van der Waals surface area contributed by atoms with Crippen molar-refractivity contribution in [3.8, 4) is 0 Å². The first-order chi connectivity index (χ1) is 8.54. The lowest BCUT2D eigenvalue weighted by molar-refractivity contribution is 0.107. The second kappa shape index (κ2) is 7.52. The highest BCUT2D eigenvalue weighted by atomic mass is 35.5. The zero-order valence-electron chi connectivity index (χ0n) is 11.0. The molecule has 0 radical (unpaired) electrons. The first-order valence-electron chi connectivity index (χ1n) is 6.52. The number of carbonyl (C=O) groups is 1. The predicted octanol–water partition coefficient (Wildman–Crippen LogP) is 4.96. The third-order valence-electron chi connectivity index (χ3n) is 3.13. The van der Waals surface area contributed by atoms with Crippen LogP contribution >= 0.6 is 11.6 Å². The fourth-order valence-corrected chi connectivity index (χ4v) is 2.25. The van der Waals surface area contributed by atoms with Crippen LogP contribution in [0.2, 0.25) is 0 Å². The first-order valence-corrected chi connectivity index (χ1v) is 6.90. The Morgan fingerprint density at radius 3 is 2.67 bits per heavy atom. The predicted molar refractivity (Wildman–Crippen MR) is 73.6 cm³/mol. The van der Waals surface area contributed by atoms with Crippen molar-refractivity contribution in [2.24, 2.45) is 5.92 Å². The van der Waals surface area contributed by atoms with E-state index in [1.165, 1.54) is 31.4 Å². The highest BCUT2D eigenvalue weighted by Crippen LogP contribution is 2.18. The fourth-order valence-electron chi connectivity index (χ4n) is 2.09. The molecule has 0 amide bonds. The van der Waals surface area contributed by atoms with Gasteiger partial charge in [-0.1, -0.05) is 45.6 Å². The Morgan fingerprint density at radius 2 is 2.11 bits per heavy atom. The summed E-state index contributed by atoms with van der Waals surface area (Å²) < 4.78 is 13.6. The summed E-state index contributed by atoms with van der Waals surface area (Å²) in [5.74, 6) is 0.0155. The Morgan fingerprint density at radius 1 is 1.39 bits per heavy atom. The lowest BCUT2D eigenvalue weighted by atomic mass is 9.95. The van der Waals surface area contributed by atoms with Crippen LogP contribution in [0.25, 0.3) is 0 Å². The second-order valence-corrected chi connectivity index (χ2v) is 5.24. The minimum absolute atomic E-state index is 0.0425. The number of rotatable bonds is 7. The zero-order valence-corrected chi connectivity index (χ0v) is 11.8. The summed E-state index contributed by atoms with van der Waals surface area (Å²) in [4.78, 5) is 10.9. The molecule has 0 aliphatic rings. The standard InChI is InChI=1S/C15H20ClFO/c1-3-4-5-6-11(2)9-12-7-8-13(15(16)18)14(17)10-12/h7-8,10-11H,3-6,9H2,1-2H3. The fraction of sp³-hybridized carbons (Fsp3) is 0.533. The van der Waals surface area contributed by atoms with Crippen LogP contribution in [-0.4, -0.2) is 5.24 Å². The van der Waals surface area contributed by atoms with E-state index in [-0.39, 0.29) is 5.56 Å². The summed E-state index contributed by atoms with van der Waals surface area (Å²) in [5, 5.41) is -0.741. The third kappa shape index (κ3) is 4.77. The molecule has 0 aliphatic carbocycles. The van der Waals surface area contributed by atoms with Gasteiger partial charge >= 0.3 is 0 Å². The van der Waals surface area contributed by atoms with Crippen molar-refractivity contribution < 1.29 is 9.18 Å². The van der Waals surface area contributed by atoms with Gasteiger partial charge in [-0.05, 0) is 41.6 Å². The normalized spacial score (nSPS) is 12.4. The summed E-state index contributed by atoms with van der Waals surface area (Å²) in [5.41, 5.74) is 0.886. The first kappa shape index (κ1) is 15.2. The topological polar surface area (TPSA) is 17.1 Å². The lowest BCUT2D eigenvalue weighted by Gasteiger charge is -2.11. The highest BCUT2D eigenvalue weighted by molar-refractivity contribution is 6.67. The molecule has 3 heteroatoms. The molecule has 0 heterocycles. The van der Waals surface area contributed by atoms with Crippen LogP contribution in [0.15, 0.2) is 18.2 Å². The summed E-state index contributed by atoms with van der Waals surface area (Å²) in [6, 6.07) is 4.68. The molecule has 18 heavy (non-hydrogen) atoms. The molecule has 1 aromatic carbocycles. The van der Waals surface area contributed by atoms with E-state index in [2.05, 4.69) is 13.8 Å². The van der Waals surface area contributed by atoms with Gasteiger partial charge in [0.2, 0.25) is 0 Å². The van der Waals surface area contributed by atoms with Crippen LogP contribution in [-0.2, 0) is 6.42 Å². The number of unbranched alkanes of at least 4 members (excludes halogenated alkanes) is 2. The van der Waals surface area contributed by atoms with Crippen molar-refractivity contribution in [3.63, 3.8) is 0 Å². The van der Waals surface area contributed by atoms with Gasteiger partial charge in [0.05, 0.1) is 5.56 Å². The molecule has 0 aliphatic heterocycles. The number of halogens is 2. The zero-order chi connectivity index (χ0) is 13.5. The third-order valence-corrected chi connectivity index (χ3v) is 3.33. The summed E-state index contributed by atoms with van der Waals surface area (Å²) in [6.45, 7) is 4.36. The minimum Gasteiger partial charge on any atom is -0.275 e. The van der Waals surface area contributed by atoms with Gasteiger partial charge in [-0.3, -0.25) is 4.79 Å². The van der Waals surface area contributed by atoms with Gasteiger partial charge in [-0.15, -0.1) is 0 Å². The van der Waals surface area contributed by atoms with E-state index in [0.29, 0.717) is 5.92 Å². The Kier molecular flexibility index (Phi) is 6.34. The van der Waals surface area contributed by atoms with Crippen molar-refractivity contribution in [1.82, 2.24) is 0 Å². The van der Waals surface area contributed by atoms with Crippen LogP contribution < -0.4 is 0 Å². The highest BCUT2D eigenvalue weighted by Gasteiger charge is 2.11. The van der Waals surface area contributed by atoms with Crippen molar-refractivity contribution >= 4 is 16.8 Å². The molecule has 0 fully saturated rings. The van der Waals surface area contributed by atoms with Crippen molar-refractivity contribution in [1.29, 1.82) is 0 Å². The van der Waals surface area contributed by atoms with Crippen molar-refractivity contribution in [2.75, 3.05) is 0 Å². The SMILES string of the molecule is CCCCCC(C)Cc1ccc(C(=O)Cl)c(F)c1. The Labute approximate surface area is 113 Å². The van der Waals surface area contributed by atoms with E-state index >= 15 is 0 Å². The van der Waals surface area contributed by atoms with Crippen molar-refractivity contribution in [3.05, 3.63) is 35.1 Å². The Balaban J connectivity index is 2.57. The largest absolute Gasteiger partial charge is 0.275 e. The maximum Gasteiger partial charge on any atom is 0.255 e. The lowest BCUT2D eigenvalue weighted by Crippen LogP contribution is -2.02. The van der Waals surface area contributed by atoms with Gasteiger partial charge in [0, 0.05) is 0 Å². The molecule has 0 spiro atoms. The van der Waals surface area contributed by atoms with E-state index in [1.807, 2.05) is 0 Å². The number of hydrogen-bond donors (Lipinski definition) is 0. The van der Waals surface area contributed by atoms with E-state index < -0.39 is 11.1 Å². The molecule has 0 saturated carbocycles. The molecule has 0 bridgehead atoms. The molecule has 1 unspecified atom stereocenters. The van der Waals surface area contributed by atoms with E-state index in [9.17, 15) is 9.18 Å². The number of carbonyl (C=O) groups excluding carboxylic acids is 1. The van der Waals surface area contributed by atoms with Crippen LogP contribution in [0, 0.1) is 11.7 Å². The second-order valence-electron chi connectivity index (χ2n) is 4.89. The maximum atomic E-state index is 13.6. The van der Waals surface area contributed by atoms with Gasteiger partial charge in [0.25, 0.3) is 5.24 Å². The van der Waals surface area contributed by atoms with Crippen LogP contribution in [0.1, 0.15) is 55.5 Å². The van der Waals surface area contributed by atoms with E-state index in [4.69, 9.17) is 11.6 Å². The summed E-state index contributed by atoms with van der Waals surface area (Å²) >= 11 is 5.27. The molecular formula is C15H20ClFO. The van der Waals surface area contributed by atoms with Crippen molar-refractivity contribution in [2.45, 2.75) is 46.0 Å². The number of hydrogen-bond acceptors (Lipinski definition) is 1. The van der Waals surface area contributed by atoms with E-state index in [1.54, 1.807) is 6.07 Å². The molecule has 1 rings (SSSR count). The molecular weight excluding hydrogens is 251 g/mol. The van der Waals surface area contributed by atoms with Gasteiger partial charge < -0.3 is 0 Å². The van der Waals surface area contributed by atoms with E-state index in [0.717, 1.165) is 18.4 Å². The van der Waals surface area contributed by atoms with Gasteiger partial charge in [0.1, 0.15) is 5.82 Å². The average Bonchev–Trinajstić information content (AvgIpc) is 2.28. The Bertz CT molecular complexity index is 403. The summed E-state index contributed by atoms with van der Waals surface area (Å²) in [6.07, 6.45) is 5.69. The molecule has 1 atom stereocenters. The van der Waals surface area contributed by atoms with Crippen LogP contribution in [0.4, 0.5) is 4.39 Å². The van der Waals surface area contributed by atoms with Crippen LogP contribution in [0.3, 0.4) is 0 Å². The smallest absolute Gasteiger partial charge is 0.255 e. The molecule has 100 valence electrons. The maximum absolute atomic E-state index is 13.6. The van der Waals surface area contributed by atoms with Gasteiger partial charge in [-0.2, -0.15) is 0 Å². The molecule has 1 nitrogen and oxygen atoms in total. The van der Waals surface area contributed by atoms with Gasteiger partial charge in [-0.25, -0.2) is 4.39 Å². The Hall–Kier alpha value is -0.890. The molecule has 0 N–H and O–H groups in total. The quantitative estimate of drug-likeness (QED) is 0.505. The molecule has 0 aromatic heterocycles. The van der Waals surface area contributed by atoms with Gasteiger partial charge in [0.15, 0.2) is 0 Å². The summed E-state index contributed by atoms with van der Waals surface area (Å²) in [7, 11) is 0. The molecule has 0 saturated heterocycles.